The number of hydrogen-bond donors (Lipinski definition) is 1. The van der Waals surface area contributed by atoms with Crippen LogP contribution in [0.1, 0.15) is 32.4 Å². The van der Waals surface area contributed by atoms with Crippen molar-refractivity contribution in [3.05, 3.63) is 22.2 Å². The molecule has 1 rings (SSSR count). The standard InChI is InChI=1S/C16H26BrNO3/c1-7-21-15(10(2)3)14(18-4)11-8-9-12(19-5)13(17)16(11)20-6/h8-10,14-15,18H,7H2,1-6H3. The van der Waals surface area contributed by atoms with Crippen LogP contribution in [0.4, 0.5) is 0 Å². The zero-order valence-corrected chi connectivity index (χ0v) is 15.3. The number of rotatable bonds is 8. The summed E-state index contributed by atoms with van der Waals surface area (Å²) in [5, 5.41) is 3.36. The molecule has 0 aliphatic carbocycles. The van der Waals surface area contributed by atoms with Gasteiger partial charge in [0.2, 0.25) is 0 Å². The first-order valence-electron chi connectivity index (χ1n) is 7.20. The minimum atomic E-state index is 0.0436. The van der Waals surface area contributed by atoms with E-state index in [1.165, 1.54) is 0 Å². The third-order valence-corrected chi connectivity index (χ3v) is 4.26. The van der Waals surface area contributed by atoms with Gasteiger partial charge in [0, 0.05) is 12.2 Å². The van der Waals surface area contributed by atoms with Gasteiger partial charge in [-0.15, -0.1) is 0 Å². The molecule has 0 aliphatic heterocycles. The number of halogens is 1. The Bertz CT molecular complexity index is 451. The van der Waals surface area contributed by atoms with Crippen molar-refractivity contribution in [2.24, 2.45) is 5.92 Å². The van der Waals surface area contributed by atoms with Gasteiger partial charge in [0.05, 0.1) is 26.4 Å². The van der Waals surface area contributed by atoms with E-state index < -0.39 is 0 Å². The van der Waals surface area contributed by atoms with Crippen molar-refractivity contribution >= 4 is 15.9 Å². The molecule has 120 valence electrons. The van der Waals surface area contributed by atoms with Crippen LogP contribution in [-0.2, 0) is 4.74 Å². The summed E-state index contributed by atoms with van der Waals surface area (Å²) in [7, 11) is 5.25. The molecule has 0 spiro atoms. The van der Waals surface area contributed by atoms with Crippen molar-refractivity contribution in [1.82, 2.24) is 5.32 Å². The Morgan fingerprint density at radius 3 is 2.29 bits per heavy atom. The van der Waals surface area contributed by atoms with Crippen molar-refractivity contribution in [3.63, 3.8) is 0 Å². The highest BCUT2D eigenvalue weighted by Gasteiger charge is 2.29. The van der Waals surface area contributed by atoms with Crippen LogP contribution in [-0.4, -0.2) is 34.0 Å². The third-order valence-electron chi connectivity index (χ3n) is 3.51. The molecule has 5 heteroatoms. The normalized spacial score (nSPS) is 14.1. The van der Waals surface area contributed by atoms with Crippen LogP contribution in [0.15, 0.2) is 16.6 Å². The van der Waals surface area contributed by atoms with Gasteiger partial charge in [-0.1, -0.05) is 13.8 Å². The molecule has 1 aromatic rings. The van der Waals surface area contributed by atoms with Gasteiger partial charge in [-0.25, -0.2) is 0 Å². The quantitative estimate of drug-likeness (QED) is 0.766. The fourth-order valence-corrected chi connectivity index (χ4v) is 3.21. The van der Waals surface area contributed by atoms with E-state index in [1.54, 1.807) is 14.2 Å². The van der Waals surface area contributed by atoms with Gasteiger partial charge >= 0.3 is 0 Å². The molecule has 1 aromatic carbocycles. The first kappa shape index (κ1) is 18.3. The molecule has 0 saturated heterocycles. The molecule has 0 aromatic heterocycles. The van der Waals surface area contributed by atoms with Crippen LogP contribution in [0.2, 0.25) is 0 Å². The van der Waals surface area contributed by atoms with Crippen molar-refractivity contribution in [3.8, 4) is 11.5 Å². The second kappa shape index (κ2) is 8.61. The lowest BCUT2D eigenvalue weighted by atomic mass is 9.92. The van der Waals surface area contributed by atoms with Crippen LogP contribution < -0.4 is 14.8 Å². The topological polar surface area (TPSA) is 39.7 Å². The lowest BCUT2D eigenvalue weighted by Crippen LogP contribution is -2.35. The summed E-state index contributed by atoms with van der Waals surface area (Å²) >= 11 is 3.56. The summed E-state index contributed by atoms with van der Waals surface area (Å²) in [6.07, 6.45) is 0.0641. The molecule has 2 atom stereocenters. The second-order valence-electron chi connectivity index (χ2n) is 5.13. The van der Waals surface area contributed by atoms with Crippen LogP contribution >= 0.6 is 15.9 Å². The molecule has 0 amide bonds. The van der Waals surface area contributed by atoms with Crippen LogP contribution in [0.25, 0.3) is 0 Å². The number of likely N-dealkylation sites (N-methyl/N-ethyl adjacent to an activating group) is 1. The van der Waals surface area contributed by atoms with Crippen molar-refractivity contribution in [2.75, 3.05) is 27.9 Å². The largest absolute Gasteiger partial charge is 0.495 e. The highest BCUT2D eigenvalue weighted by Crippen LogP contribution is 2.41. The summed E-state index contributed by atoms with van der Waals surface area (Å²) in [5.41, 5.74) is 1.06. The molecule has 0 radical (unpaired) electrons. The molecule has 1 N–H and O–H groups in total. The summed E-state index contributed by atoms with van der Waals surface area (Å²) in [5.74, 6) is 1.91. The van der Waals surface area contributed by atoms with Crippen molar-refractivity contribution in [2.45, 2.75) is 32.9 Å². The van der Waals surface area contributed by atoms with E-state index in [-0.39, 0.29) is 12.1 Å². The van der Waals surface area contributed by atoms with Gasteiger partial charge in [0.15, 0.2) is 0 Å². The van der Waals surface area contributed by atoms with Gasteiger partial charge in [0.1, 0.15) is 16.0 Å². The fourth-order valence-electron chi connectivity index (χ4n) is 2.53. The fraction of sp³-hybridized carbons (Fsp3) is 0.625. The number of nitrogens with one attached hydrogen (secondary N) is 1. The van der Waals surface area contributed by atoms with Gasteiger partial charge in [-0.2, -0.15) is 0 Å². The van der Waals surface area contributed by atoms with Gasteiger partial charge in [-0.3, -0.25) is 0 Å². The Balaban J connectivity index is 3.30. The number of benzene rings is 1. The van der Waals surface area contributed by atoms with E-state index in [0.717, 1.165) is 21.5 Å². The Morgan fingerprint density at radius 2 is 1.86 bits per heavy atom. The predicted molar refractivity (Wildman–Crippen MR) is 89.3 cm³/mol. The van der Waals surface area contributed by atoms with E-state index in [2.05, 4.69) is 35.1 Å². The maximum absolute atomic E-state index is 5.94. The van der Waals surface area contributed by atoms with E-state index in [9.17, 15) is 0 Å². The lowest BCUT2D eigenvalue weighted by molar-refractivity contribution is 0.00406. The minimum absolute atomic E-state index is 0.0436. The van der Waals surface area contributed by atoms with Crippen LogP contribution in [0.5, 0.6) is 11.5 Å². The summed E-state index contributed by atoms with van der Waals surface area (Å²) in [6.45, 7) is 7.02. The minimum Gasteiger partial charge on any atom is -0.495 e. The molecule has 0 heterocycles. The monoisotopic (exact) mass is 359 g/mol. The van der Waals surface area contributed by atoms with Gasteiger partial charge in [-0.05, 0) is 48.0 Å². The van der Waals surface area contributed by atoms with E-state index in [1.807, 2.05) is 26.1 Å². The first-order valence-corrected chi connectivity index (χ1v) is 8.00. The smallest absolute Gasteiger partial charge is 0.141 e. The summed E-state index contributed by atoms with van der Waals surface area (Å²) < 4.78 is 17.7. The van der Waals surface area contributed by atoms with Gasteiger partial charge in [0.25, 0.3) is 0 Å². The zero-order valence-electron chi connectivity index (χ0n) is 13.7. The summed E-state index contributed by atoms with van der Waals surface area (Å²) in [4.78, 5) is 0. The van der Waals surface area contributed by atoms with Crippen LogP contribution in [0, 0.1) is 5.92 Å². The van der Waals surface area contributed by atoms with Gasteiger partial charge < -0.3 is 19.5 Å². The highest BCUT2D eigenvalue weighted by molar-refractivity contribution is 9.10. The molecule has 4 nitrogen and oxygen atoms in total. The summed E-state index contributed by atoms with van der Waals surface area (Å²) in [6, 6.07) is 4.01. The molecular weight excluding hydrogens is 334 g/mol. The maximum atomic E-state index is 5.94. The molecule has 21 heavy (non-hydrogen) atoms. The maximum Gasteiger partial charge on any atom is 0.141 e. The molecule has 0 bridgehead atoms. The SMILES string of the molecule is CCOC(C(C)C)C(NC)c1ccc(OC)c(Br)c1OC. The average Bonchev–Trinajstić information content (AvgIpc) is 2.47. The van der Waals surface area contributed by atoms with Crippen molar-refractivity contribution in [1.29, 1.82) is 0 Å². The lowest BCUT2D eigenvalue weighted by Gasteiger charge is -2.31. The third kappa shape index (κ3) is 4.11. The highest BCUT2D eigenvalue weighted by atomic mass is 79.9. The Hall–Kier alpha value is -0.780. The predicted octanol–water partition coefficient (Wildman–Crippen LogP) is 3.79. The molecule has 0 aliphatic rings. The first-order chi connectivity index (χ1) is 10.0. The number of ether oxygens (including phenoxy) is 3. The Kier molecular flexibility index (Phi) is 7.49. The second-order valence-corrected chi connectivity index (χ2v) is 5.93. The average molecular weight is 360 g/mol. The van der Waals surface area contributed by atoms with Crippen LogP contribution in [0.3, 0.4) is 0 Å². The van der Waals surface area contributed by atoms with E-state index in [4.69, 9.17) is 14.2 Å². The molecular formula is C16H26BrNO3. The van der Waals surface area contributed by atoms with Crippen molar-refractivity contribution < 1.29 is 14.2 Å². The molecule has 0 fully saturated rings. The molecule has 2 unspecified atom stereocenters. The Labute approximate surface area is 136 Å². The zero-order chi connectivity index (χ0) is 16.0. The van der Waals surface area contributed by atoms with E-state index >= 15 is 0 Å². The Morgan fingerprint density at radius 1 is 1.19 bits per heavy atom. The number of hydrogen-bond acceptors (Lipinski definition) is 4. The molecule has 0 saturated carbocycles. The van der Waals surface area contributed by atoms with E-state index in [0.29, 0.717) is 12.5 Å². The number of methoxy groups -OCH3 is 2.